The van der Waals surface area contributed by atoms with E-state index < -0.39 is 10.0 Å². The number of carbonyl (C=O) groups is 1. The van der Waals surface area contributed by atoms with Gasteiger partial charge in [0.1, 0.15) is 4.88 Å². The molecular formula is C17H26Cl2N4O3S2. The molecule has 0 spiro atoms. The fourth-order valence-corrected chi connectivity index (χ4v) is 4.31. The van der Waals surface area contributed by atoms with Crippen molar-refractivity contribution in [3.8, 4) is 0 Å². The lowest BCUT2D eigenvalue weighted by Crippen LogP contribution is -2.29. The first-order valence-corrected chi connectivity index (χ1v) is 10.6. The van der Waals surface area contributed by atoms with Gasteiger partial charge < -0.3 is 11.1 Å². The Morgan fingerprint density at radius 3 is 2.57 bits per heavy atom. The minimum absolute atomic E-state index is 0. The van der Waals surface area contributed by atoms with Gasteiger partial charge in [-0.3, -0.25) is 4.79 Å². The summed E-state index contributed by atoms with van der Waals surface area (Å²) in [6.07, 6.45) is 0.713. The van der Waals surface area contributed by atoms with Crippen LogP contribution in [0.1, 0.15) is 34.2 Å². The molecule has 0 saturated carbocycles. The van der Waals surface area contributed by atoms with Gasteiger partial charge in [0.05, 0.1) is 15.6 Å². The monoisotopic (exact) mass is 468 g/mol. The Bertz CT molecular complexity index is 886. The summed E-state index contributed by atoms with van der Waals surface area (Å²) in [6.45, 7) is 6.36. The van der Waals surface area contributed by atoms with E-state index in [9.17, 15) is 13.2 Å². The van der Waals surface area contributed by atoms with Crippen LogP contribution < -0.4 is 15.8 Å². The van der Waals surface area contributed by atoms with Crippen LogP contribution in [0.25, 0.3) is 0 Å². The first-order chi connectivity index (χ1) is 12.2. The first kappa shape index (κ1) is 26.8. The van der Waals surface area contributed by atoms with Crippen LogP contribution in [0.2, 0.25) is 0 Å². The summed E-state index contributed by atoms with van der Waals surface area (Å²) in [5, 5.41) is 3.60. The van der Waals surface area contributed by atoms with Gasteiger partial charge >= 0.3 is 0 Å². The standard InChI is InChI=1S/C17H24N4O3S2.2ClH/c1-11(2)9-15-16(25-12(3)20-15)17(22)21-13-5-4-6-14(10-13)26(23,24)19-8-7-18;;/h4-6,10-11,19H,7-9,18H2,1-3H3,(H,21,22);2*1H. The van der Waals surface area contributed by atoms with Gasteiger partial charge in [0, 0.05) is 18.8 Å². The summed E-state index contributed by atoms with van der Waals surface area (Å²) in [5.41, 5.74) is 6.52. The smallest absolute Gasteiger partial charge is 0.267 e. The van der Waals surface area contributed by atoms with Crippen molar-refractivity contribution < 1.29 is 13.2 Å². The summed E-state index contributed by atoms with van der Waals surface area (Å²) in [7, 11) is -3.66. The number of aryl methyl sites for hydroxylation is 1. The number of anilines is 1. The lowest BCUT2D eigenvalue weighted by atomic mass is 10.1. The average Bonchev–Trinajstić information content (AvgIpc) is 2.93. The number of benzene rings is 1. The van der Waals surface area contributed by atoms with Crippen molar-refractivity contribution in [1.29, 1.82) is 0 Å². The summed E-state index contributed by atoms with van der Waals surface area (Å²) >= 11 is 1.34. The van der Waals surface area contributed by atoms with Gasteiger partial charge in [0.15, 0.2) is 0 Å². The van der Waals surface area contributed by atoms with Crippen molar-refractivity contribution in [1.82, 2.24) is 9.71 Å². The maximum Gasteiger partial charge on any atom is 0.267 e. The Hall–Kier alpha value is -1.23. The minimum Gasteiger partial charge on any atom is -0.329 e. The van der Waals surface area contributed by atoms with Crippen LogP contribution in [0, 0.1) is 12.8 Å². The number of halogens is 2. The average molecular weight is 469 g/mol. The molecule has 0 aliphatic rings. The third-order valence-electron chi connectivity index (χ3n) is 3.45. The third kappa shape index (κ3) is 7.31. The molecule has 2 aromatic rings. The van der Waals surface area contributed by atoms with Crippen molar-refractivity contribution in [3.63, 3.8) is 0 Å². The zero-order chi connectivity index (χ0) is 19.3. The number of thiazole rings is 1. The lowest BCUT2D eigenvalue weighted by molar-refractivity contribution is 0.102. The molecule has 1 amide bonds. The topological polar surface area (TPSA) is 114 Å². The molecule has 0 aliphatic carbocycles. The van der Waals surface area contributed by atoms with E-state index in [0.717, 1.165) is 10.7 Å². The molecule has 28 heavy (non-hydrogen) atoms. The molecule has 0 aliphatic heterocycles. The molecule has 0 bridgehead atoms. The van der Waals surface area contributed by atoms with Crippen LogP contribution in [0.4, 0.5) is 5.69 Å². The number of sulfonamides is 1. The largest absolute Gasteiger partial charge is 0.329 e. The van der Waals surface area contributed by atoms with Crippen molar-refractivity contribution in [2.75, 3.05) is 18.4 Å². The van der Waals surface area contributed by atoms with Crippen molar-refractivity contribution >= 4 is 57.8 Å². The quantitative estimate of drug-likeness (QED) is 0.550. The van der Waals surface area contributed by atoms with E-state index in [1.165, 1.54) is 23.5 Å². The van der Waals surface area contributed by atoms with Crippen LogP contribution in [0.3, 0.4) is 0 Å². The van der Waals surface area contributed by atoms with E-state index in [4.69, 9.17) is 5.73 Å². The van der Waals surface area contributed by atoms with E-state index in [1.807, 2.05) is 6.92 Å². The predicted molar refractivity (Wildman–Crippen MR) is 119 cm³/mol. The maximum absolute atomic E-state index is 12.6. The van der Waals surface area contributed by atoms with E-state index >= 15 is 0 Å². The molecule has 7 nitrogen and oxygen atoms in total. The number of nitrogens with zero attached hydrogens (tertiary/aromatic N) is 1. The van der Waals surface area contributed by atoms with Crippen LogP contribution in [-0.2, 0) is 16.4 Å². The number of aromatic nitrogens is 1. The summed E-state index contributed by atoms with van der Waals surface area (Å²) in [5.74, 6) is 0.0980. The Morgan fingerprint density at radius 2 is 1.96 bits per heavy atom. The molecule has 0 unspecified atom stereocenters. The molecule has 1 heterocycles. The molecule has 2 rings (SSSR count). The number of nitrogens with two attached hydrogens (primary N) is 1. The van der Waals surface area contributed by atoms with E-state index in [0.29, 0.717) is 22.9 Å². The fourth-order valence-electron chi connectivity index (χ4n) is 2.38. The number of hydrogen-bond acceptors (Lipinski definition) is 6. The molecule has 11 heteroatoms. The second-order valence-electron chi connectivity index (χ2n) is 6.28. The molecule has 0 fully saturated rings. The van der Waals surface area contributed by atoms with Gasteiger partial charge in [0.25, 0.3) is 5.91 Å². The molecule has 0 radical (unpaired) electrons. The van der Waals surface area contributed by atoms with Gasteiger partial charge in [-0.25, -0.2) is 18.1 Å². The highest BCUT2D eigenvalue weighted by Crippen LogP contribution is 2.23. The van der Waals surface area contributed by atoms with Crippen LogP contribution in [0.15, 0.2) is 29.2 Å². The summed E-state index contributed by atoms with van der Waals surface area (Å²) in [4.78, 5) is 17.7. The Balaban J connectivity index is 0.00000364. The van der Waals surface area contributed by atoms with E-state index in [-0.39, 0.29) is 48.7 Å². The minimum atomic E-state index is -3.66. The Labute approximate surface area is 182 Å². The zero-order valence-corrected chi connectivity index (χ0v) is 19.2. The van der Waals surface area contributed by atoms with Gasteiger partial charge in [0.2, 0.25) is 10.0 Å². The summed E-state index contributed by atoms with van der Waals surface area (Å²) in [6, 6.07) is 6.12. The molecule has 4 N–H and O–H groups in total. The number of nitrogens with one attached hydrogen (secondary N) is 2. The van der Waals surface area contributed by atoms with Gasteiger partial charge in [-0.15, -0.1) is 36.2 Å². The highest BCUT2D eigenvalue weighted by Gasteiger charge is 2.19. The van der Waals surface area contributed by atoms with Crippen molar-refractivity contribution in [2.24, 2.45) is 11.7 Å². The van der Waals surface area contributed by atoms with Crippen LogP contribution >= 0.6 is 36.2 Å². The molecule has 158 valence electrons. The highest BCUT2D eigenvalue weighted by atomic mass is 35.5. The van der Waals surface area contributed by atoms with Gasteiger partial charge in [-0.1, -0.05) is 19.9 Å². The van der Waals surface area contributed by atoms with Gasteiger partial charge in [-0.05, 0) is 37.5 Å². The number of carbonyl (C=O) groups excluding carboxylic acids is 1. The van der Waals surface area contributed by atoms with E-state index in [1.54, 1.807) is 12.1 Å². The van der Waals surface area contributed by atoms with E-state index in [2.05, 4.69) is 28.9 Å². The second-order valence-corrected chi connectivity index (χ2v) is 9.25. The first-order valence-electron chi connectivity index (χ1n) is 8.30. The normalized spacial score (nSPS) is 10.9. The predicted octanol–water partition coefficient (Wildman–Crippen LogP) is 2.98. The molecule has 1 aromatic heterocycles. The number of hydrogen-bond donors (Lipinski definition) is 3. The Morgan fingerprint density at radius 1 is 1.29 bits per heavy atom. The van der Waals surface area contributed by atoms with Crippen molar-refractivity contribution in [3.05, 3.63) is 39.8 Å². The Kier molecular flexibility index (Phi) is 11.2. The SMILES string of the molecule is Cc1nc(CC(C)C)c(C(=O)Nc2cccc(S(=O)(=O)NCCN)c2)s1.Cl.Cl. The van der Waals surface area contributed by atoms with Crippen molar-refractivity contribution in [2.45, 2.75) is 32.1 Å². The molecular weight excluding hydrogens is 443 g/mol. The lowest BCUT2D eigenvalue weighted by Gasteiger charge is -2.09. The third-order valence-corrected chi connectivity index (χ3v) is 5.92. The number of rotatable bonds is 8. The van der Waals surface area contributed by atoms with Gasteiger partial charge in [-0.2, -0.15) is 0 Å². The van der Waals surface area contributed by atoms with Crippen LogP contribution in [-0.4, -0.2) is 32.4 Å². The second kappa shape index (κ2) is 11.7. The zero-order valence-electron chi connectivity index (χ0n) is 15.9. The van der Waals surface area contributed by atoms with Crippen LogP contribution in [0.5, 0.6) is 0 Å². The molecule has 1 aromatic carbocycles. The molecule has 0 atom stereocenters. The maximum atomic E-state index is 12.6. The highest BCUT2D eigenvalue weighted by molar-refractivity contribution is 7.89. The summed E-state index contributed by atoms with van der Waals surface area (Å²) < 4.78 is 26.8. The fraction of sp³-hybridized carbons (Fsp3) is 0.412. The number of amides is 1. The molecule has 0 saturated heterocycles.